The van der Waals surface area contributed by atoms with E-state index in [9.17, 15) is 4.79 Å². The molecule has 6 rings (SSSR count). The van der Waals surface area contributed by atoms with Crippen molar-refractivity contribution in [2.75, 3.05) is 13.7 Å². The van der Waals surface area contributed by atoms with Gasteiger partial charge < -0.3 is 14.6 Å². The Balaban J connectivity index is 1.54. The Morgan fingerprint density at radius 1 is 1.03 bits per heavy atom. The van der Waals surface area contributed by atoms with E-state index >= 15 is 0 Å². The number of nitrogens with one attached hydrogen (secondary N) is 1. The van der Waals surface area contributed by atoms with Crippen LogP contribution in [-0.4, -0.2) is 39.4 Å². The molecule has 1 unspecified atom stereocenters. The predicted molar refractivity (Wildman–Crippen MR) is 127 cm³/mol. The second-order valence-electron chi connectivity index (χ2n) is 8.22. The maximum atomic E-state index is 14.0. The van der Waals surface area contributed by atoms with Gasteiger partial charge in [0.1, 0.15) is 11.3 Å². The van der Waals surface area contributed by atoms with Gasteiger partial charge in [-0.1, -0.05) is 36.4 Å². The van der Waals surface area contributed by atoms with Crippen molar-refractivity contribution in [3.63, 3.8) is 0 Å². The summed E-state index contributed by atoms with van der Waals surface area (Å²) >= 11 is 0. The van der Waals surface area contributed by atoms with Gasteiger partial charge in [0.15, 0.2) is 0 Å². The highest BCUT2D eigenvalue weighted by atomic mass is 16.5. The van der Waals surface area contributed by atoms with Crippen molar-refractivity contribution in [1.29, 1.82) is 0 Å². The lowest BCUT2D eigenvalue weighted by Crippen LogP contribution is -2.40. The van der Waals surface area contributed by atoms with Crippen LogP contribution < -0.4 is 4.74 Å². The van der Waals surface area contributed by atoms with Crippen LogP contribution in [0.1, 0.15) is 33.2 Å². The molecule has 0 bridgehead atoms. The number of aromatic nitrogens is 3. The minimum atomic E-state index is -0.268. The quantitative estimate of drug-likeness (QED) is 0.438. The number of amides is 1. The van der Waals surface area contributed by atoms with Crippen LogP contribution >= 0.6 is 0 Å². The average molecular weight is 434 g/mol. The van der Waals surface area contributed by atoms with Crippen LogP contribution in [-0.2, 0) is 6.42 Å². The maximum absolute atomic E-state index is 14.0. The normalized spacial score (nSPS) is 15.5. The molecule has 0 saturated heterocycles. The SMILES string of the molecule is COc1cccc(C2c3[nH]c4ccccc4c3CCN2C(=O)c2cccc3nccnc23)c1. The van der Waals surface area contributed by atoms with Crippen molar-refractivity contribution < 1.29 is 9.53 Å². The van der Waals surface area contributed by atoms with Crippen LogP contribution in [0.5, 0.6) is 5.75 Å². The lowest BCUT2D eigenvalue weighted by Gasteiger charge is -2.36. The van der Waals surface area contributed by atoms with Crippen molar-refractivity contribution in [2.24, 2.45) is 0 Å². The number of rotatable bonds is 3. The van der Waals surface area contributed by atoms with Crippen molar-refractivity contribution >= 4 is 27.8 Å². The number of carbonyl (C=O) groups is 1. The van der Waals surface area contributed by atoms with Crippen molar-refractivity contribution in [1.82, 2.24) is 19.9 Å². The lowest BCUT2D eigenvalue weighted by molar-refractivity contribution is 0.0693. The smallest absolute Gasteiger partial charge is 0.256 e. The summed E-state index contributed by atoms with van der Waals surface area (Å²) in [6.07, 6.45) is 4.06. The standard InChI is InChI=1S/C27H22N4O2/c1-33-18-7-4-6-17(16-18)26-25-20(19-8-2-3-10-22(19)30-25)12-15-31(26)27(32)21-9-5-11-23-24(21)29-14-13-28-23/h2-11,13-14,16,26,30H,12,15H2,1H3. The Morgan fingerprint density at radius 2 is 1.88 bits per heavy atom. The van der Waals surface area contributed by atoms with Crippen molar-refractivity contribution in [3.05, 3.63) is 102 Å². The van der Waals surface area contributed by atoms with Crippen molar-refractivity contribution in [3.8, 4) is 5.75 Å². The molecule has 33 heavy (non-hydrogen) atoms. The number of carbonyl (C=O) groups excluding carboxylic acids is 1. The Labute approximate surface area is 190 Å². The molecular formula is C27H22N4O2. The first-order valence-corrected chi connectivity index (χ1v) is 11.0. The molecule has 162 valence electrons. The van der Waals surface area contributed by atoms with Gasteiger partial charge >= 0.3 is 0 Å². The van der Waals surface area contributed by atoms with E-state index in [0.29, 0.717) is 23.1 Å². The molecule has 6 nitrogen and oxygen atoms in total. The van der Waals surface area contributed by atoms with E-state index < -0.39 is 0 Å². The fourth-order valence-electron chi connectivity index (χ4n) is 4.94. The Hall–Kier alpha value is -4.19. The number of methoxy groups -OCH3 is 1. The number of hydrogen-bond donors (Lipinski definition) is 1. The summed E-state index contributed by atoms with van der Waals surface area (Å²) in [5.74, 6) is 0.706. The van der Waals surface area contributed by atoms with E-state index in [1.165, 1.54) is 10.9 Å². The summed E-state index contributed by atoms with van der Waals surface area (Å²) in [4.78, 5) is 28.4. The zero-order valence-corrected chi connectivity index (χ0v) is 18.2. The lowest BCUT2D eigenvalue weighted by atomic mass is 9.91. The van der Waals surface area contributed by atoms with Gasteiger partial charge in [-0.2, -0.15) is 0 Å². The molecule has 5 aromatic rings. The van der Waals surface area contributed by atoms with Crippen LogP contribution in [0.3, 0.4) is 0 Å². The van der Waals surface area contributed by atoms with Gasteiger partial charge in [0.25, 0.3) is 5.91 Å². The highest BCUT2D eigenvalue weighted by Gasteiger charge is 2.35. The van der Waals surface area contributed by atoms with Gasteiger partial charge in [-0.15, -0.1) is 0 Å². The van der Waals surface area contributed by atoms with Crippen LogP contribution in [0.25, 0.3) is 21.9 Å². The topological polar surface area (TPSA) is 71.1 Å². The summed E-state index contributed by atoms with van der Waals surface area (Å²) in [6.45, 7) is 0.603. The monoisotopic (exact) mass is 434 g/mol. The van der Waals surface area contributed by atoms with Crippen molar-refractivity contribution in [2.45, 2.75) is 12.5 Å². The first-order valence-electron chi connectivity index (χ1n) is 11.0. The molecule has 2 aromatic heterocycles. The van der Waals surface area contributed by atoms with E-state index in [4.69, 9.17) is 4.74 Å². The van der Waals surface area contributed by atoms with E-state index in [1.807, 2.05) is 47.4 Å². The number of benzene rings is 3. The molecule has 1 atom stereocenters. The Bertz CT molecular complexity index is 1500. The number of para-hydroxylation sites is 2. The number of nitrogens with zero attached hydrogens (tertiary/aromatic N) is 3. The first-order chi connectivity index (χ1) is 16.2. The number of ether oxygens (including phenoxy) is 1. The molecule has 1 N–H and O–H groups in total. The summed E-state index contributed by atoms with van der Waals surface area (Å²) in [7, 11) is 1.66. The molecular weight excluding hydrogens is 412 g/mol. The van der Waals surface area contributed by atoms with Crippen LogP contribution in [0.2, 0.25) is 0 Å². The van der Waals surface area contributed by atoms with Crippen LogP contribution in [0.15, 0.2) is 79.1 Å². The van der Waals surface area contributed by atoms with E-state index in [2.05, 4.69) is 39.2 Å². The van der Waals surface area contributed by atoms with Gasteiger partial charge in [-0.05, 0) is 47.9 Å². The maximum Gasteiger partial charge on any atom is 0.256 e. The van der Waals surface area contributed by atoms with Gasteiger partial charge in [-0.3, -0.25) is 14.8 Å². The molecule has 0 saturated carbocycles. The summed E-state index contributed by atoms with van der Waals surface area (Å²) in [6, 6.07) is 21.6. The number of H-pyrrole nitrogens is 1. The third-order valence-electron chi connectivity index (χ3n) is 6.43. The molecule has 1 amide bonds. The molecule has 0 fully saturated rings. The second-order valence-corrected chi connectivity index (χ2v) is 8.22. The molecule has 1 aliphatic rings. The third kappa shape index (κ3) is 3.14. The number of hydrogen-bond acceptors (Lipinski definition) is 4. The van der Waals surface area contributed by atoms with Gasteiger partial charge in [0, 0.05) is 35.5 Å². The minimum Gasteiger partial charge on any atom is -0.497 e. The van der Waals surface area contributed by atoms with E-state index in [-0.39, 0.29) is 11.9 Å². The second kappa shape index (κ2) is 7.74. The molecule has 3 aromatic carbocycles. The number of fused-ring (bicyclic) bond motifs is 4. The van der Waals surface area contributed by atoms with Gasteiger partial charge in [-0.25, -0.2) is 0 Å². The summed E-state index contributed by atoms with van der Waals surface area (Å²) in [5.41, 5.74) is 6.30. The van der Waals surface area contributed by atoms with E-state index in [1.54, 1.807) is 19.5 Å². The minimum absolute atomic E-state index is 0.0572. The molecule has 0 aliphatic carbocycles. The molecule has 3 heterocycles. The van der Waals surface area contributed by atoms with E-state index in [0.717, 1.165) is 28.9 Å². The third-order valence-corrected chi connectivity index (χ3v) is 6.43. The summed E-state index contributed by atoms with van der Waals surface area (Å²) < 4.78 is 5.50. The number of aromatic amines is 1. The highest BCUT2D eigenvalue weighted by molar-refractivity contribution is 6.05. The fourth-order valence-corrected chi connectivity index (χ4v) is 4.94. The molecule has 6 heteroatoms. The molecule has 1 aliphatic heterocycles. The first kappa shape index (κ1) is 19.5. The van der Waals surface area contributed by atoms with Crippen LogP contribution in [0, 0.1) is 0 Å². The van der Waals surface area contributed by atoms with Gasteiger partial charge in [0.05, 0.1) is 24.2 Å². The fraction of sp³-hybridized carbons (Fsp3) is 0.148. The molecule has 0 spiro atoms. The largest absolute Gasteiger partial charge is 0.497 e. The predicted octanol–water partition coefficient (Wildman–Crippen LogP) is 4.91. The Morgan fingerprint density at radius 3 is 2.79 bits per heavy atom. The zero-order valence-electron chi connectivity index (χ0n) is 18.2. The summed E-state index contributed by atoms with van der Waals surface area (Å²) in [5, 5.41) is 1.21. The molecule has 0 radical (unpaired) electrons. The Kier molecular flexibility index (Phi) is 4.57. The highest BCUT2D eigenvalue weighted by Crippen LogP contribution is 2.40. The van der Waals surface area contributed by atoms with Gasteiger partial charge in [0.2, 0.25) is 0 Å². The average Bonchev–Trinajstić information content (AvgIpc) is 3.26. The van der Waals surface area contributed by atoms with Crippen LogP contribution in [0.4, 0.5) is 0 Å². The zero-order chi connectivity index (χ0) is 22.4.